The standard InChI is InChI=1S/C13H28O5Si/c1-13(2,3)19(5,6)17-8-10-12(15)9(14)7-11(16-4)18-10/h9-12,14-15H,7-8H2,1-6H3/t9-,10-,11-,12+/m1/s1. The van der Waals surface area contributed by atoms with Crippen LogP contribution in [0, 0.1) is 0 Å². The summed E-state index contributed by atoms with van der Waals surface area (Å²) in [5, 5.41) is 19.8. The summed E-state index contributed by atoms with van der Waals surface area (Å²) in [6, 6.07) is 0. The Kier molecular flexibility index (Phi) is 5.57. The van der Waals surface area contributed by atoms with Gasteiger partial charge in [0.2, 0.25) is 0 Å². The molecule has 0 aromatic rings. The third kappa shape index (κ3) is 4.24. The van der Waals surface area contributed by atoms with Crippen molar-refractivity contribution >= 4 is 8.32 Å². The van der Waals surface area contributed by atoms with Crippen LogP contribution in [-0.2, 0) is 13.9 Å². The SMILES string of the molecule is CO[C@H]1C[C@@H](O)[C@H](O)[C@@H](CO[Si](C)(C)C(C)(C)C)O1. The Morgan fingerprint density at radius 3 is 2.32 bits per heavy atom. The first kappa shape index (κ1) is 17.1. The summed E-state index contributed by atoms with van der Waals surface area (Å²) < 4.78 is 16.7. The number of hydrogen-bond acceptors (Lipinski definition) is 5. The largest absolute Gasteiger partial charge is 0.414 e. The topological polar surface area (TPSA) is 68.2 Å². The van der Waals surface area contributed by atoms with Crippen molar-refractivity contribution in [3.63, 3.8) is 0 Å². The number of rotatable bonds is 4. The molecule has 0 aromatic heterocycles. The number of hydrogen-bond donors (Lipinski definition) is 2. The van der Waals surface area contributed by atoms with Crippen molar-refractivity contribution in [1.29, 1.82) is 0 Å². The van der Waals surface area contributed by atoms with Gasteiger partial charge in [-0.05, 0) is 18.1 Å². The Morgan fingerprint density at radius 1 is 1.26 bits per heavy atom. The second-order valence-electron chi connectivity index (χ2n) is 6.70. The van der Waals surface area contributed by atoms with Crippen LogP contribution in [0.4, 0.5) is 0 Å². The monoisotopic (exact) mass is 292 g/mol. The van der Waals surface area contributed by atoms with E-state index in [1.54, 1.807) is 0 Å². The molecule has 0 bridgehead atoms. The molecule has 0 amide bonds. The van der Waals surface area contributed by atoms with Gasteiger partial charge in [-0.1, -0.05) is 20.8 Å². The van der Waals surface area contributed by atoms with Crippen molar-refractivity contribution in [3.8, 4) is 0 Å². The molecule has 6 heteroatoms. The molecule has 1 rings (SSSR count). The van der Waals surface area contributed by atoms with Gasteiger partial charge in [0.15, 0.2) is 14.6 Å². The van der Waals surface area contributed by atoms with E-state index >= 15 is 0 Å². The summed E-state index contributed by atoms with van der Waals surface area (Å²) in [5.41, 5.74) is 0. The van der Waals surface area contributed by atoms with Crippen LogP contribution < -0.4 is 0 Å². The molecule has 0 unspecified atom stereocenters. The van der Waals surface area contributed by atoms with Crippen LogP contribution in [0.1, 0.15) is 27.2 Å². The van der Waals surface area contributed by atoms with Gasteiger partial charge in [0.1, 0.15) is 12.2 Å². The van der Waals surface area contributed by atoms with Gasteiger partial charge in [0.25, 0.3) is 0 Å². The van der Waals surface area contributed by atoms with Gasteiger partial charge in [-0.2, -0.15) is 0 Å². The van der Waals surface area contributed by atoms with Crippen LogP contribution in [0.5, 0.6) is 0 Å². The van der Waals surface area contributed by atoms with Crippen molar-refractivity contribution in [1.82, 2.24) is 0 Å². The fourth-order valence-corrected chi connectivity index (χ4v) is 2.73. The van der Waals surface area contributed by atoms with Gasteiger partial charge >= 0.3 is 0 Å². The maximum absolute atomic E-state index is 9.96. The van der Waals surface area contributed by atoms with Gasteiger partial charge in [0, 0.05) is 13.5 Å². The van der Waals surface area contributed by atoms with E-state index in [1.807, 2.05) is 0 Å². The second-order valence-corrected chi connectivity index (χ2v) is 11.5. The Morgan fingerprint density at radius 2 is 1.84 bits per heavy atom. The lowest BCUT2D eigenvalue weighted by Crippen LogP contribution is -2.53. The number of ether oxygens (including phenoxy) is 2. The lowest BCUT2D eigenvalue weighted by Gasteiger charge is -2.40. The zero-order valence-electron chi connectivity index (χ0n) is 12.8. The van der Waals surface area contributed by atoms with Crippen LogP contribution in [0.25, 0.3) is 0 Å². The Balaban J connectivity index is 2.60. The van der Waals surface area contributed by atoms with Gasteiger partial charge in [0.05, 0.1) is 12.7 Å². The van der Waals surface area contributed by atoms with E-state index in [9.17, 15) is 10.2 Å². The molecule has 0 aliphatic carbocycles. The highest BCUT2D eigenvalue weighted by molar-refractivity contribution is 6.74. The van der Waals surface area contributed by atoms with E-state index < -0.39 is 32.9 Å². The number of aliphatic hydroxyl groups is 2. The molecular weight excluding hydrogens is 264 g/mol. The minimum atomic E-state index is -1.89. The minimum Gasteiger partial charge on any atom is -0.414 e. The molecule has 4 atom stereocenters. The highest BCUT2D eigenvalue weighted by atomic mass is 28.4. The molecule has 19 heavy (non-hydrogen) atoms. The highest BCUT2D eigenvalue weighted by Crippen LogP contribution is 2.37. The van der Waals surface area contributed by atoms with Gasteiger partial charge < -0.3 is 24.1 Å². The molecular formula is C13H28O5Si. The maximum atomic E-state index is 9.96. The lowest BCUT2D eigenvalue weighted by atomic mass is 10.0. The molecule has 2 N–H and O–H groups in total. The summed E-state index contributed by atoms with van der Waals surface area (Å²) in [4.78, 5) is 0. The number of aliphatic hydroxyl groups excluding tert-OH is 2. The van der Waals surface area contributed by atoms with Crippen molar-refractivity contribution in [2.75, 3.05) is 13.7 Å². The summed E-state index contributed by atoms with van der Waals surface area (Å²) in [7, 11) is -0.358. The molecule has 0 spiro atoms. The molecule has 5 nitrogen and oxygen atoms in total. The van der Waals surface area contributed by atoms with Crippen molar-refractivity contribution in [2.24, 2.45) is 0 Å². The van der Waals surface area contributed by atoms with Gasteiger partial charge in [-0.25, -0.2) is 0 Å². The molecule has 0 saturated carbocycles. The quantitative estimate of drug-likeness (QED) is 0.768. The average Bonchev–Trinajstić information content (AvgIpc) is 2.29. The normalized spacial score (nSPS) is 33.5. The van der Waals surface area contributed by atoms with E-state index in [0.717, 1.165) is 0 Å². The molecule has 0 radical (unpaired) electrons. The minimum absolute atomic E-state index is 0.103. The fourth-order valence-electron chi connectivity index (χ4n) is 1.71. The summed E-state index contributed by atoms with van der Waals surface area (Å²) in [6.45, 7) is 11.0. The van der Waals surface area contributed by atoms with Crippen LogP contribution in [-0.4, -0.2) is 56.8 Å². The zero-order chi connectivity index (χ0) is 14.8. The zero-order valence-corrected chi connectivity index (χ0v) is 13.8. The Bertz CT molecular complexity index is 289. The molecule has 1 saturated heterocycles. The van der Waals surface area contributed by atoms with E-state index in [2.05, 4.69) is 33.9 Å². The van der Waals surface area contributed by atoms with Crippen molar-refractivity contribution in [3.05, 3.63) is 0 Å². The Labute approximate surface area is 117 Å². The van der Waals surface area contributed by atoms with Gasteiger partial charge in [-0.15, -0.1) is 0 Å². The first-order valence-corrected chi connectivity index (χ1v) is 9.67. The van der Waals surface area contributed by atoms with Crippen LogP contribution in [0.15, 0.2) is 0 Å². The highest BCUT2D eigenvalue weighted by Gasteiger charge is 2.41. The first-order valence-electron chi connectivity index (χ1n) is 6.77. The second kappa shape index (κ2) is 6.20. The van der Waals surface area contributed by atoms with Crippen molar-refractivity contribution < 1.29 is 24.1 Å². The molecule has 1 fully saturated rings. The van der Waals surface area contributed by atoms with E-state index in [4.69, 9.17) is 13.9 Å². The fraction of sp³-hybridized carbons (Fsp3) is 1.00. The summed E-state index contributed by atoms with van der Waals surface area (Å²) in [5.74, 6) is 0. The lowest BCUT2D eigenvalue weighted by molar-refractivity contribution is -0.247. The van der Waals surface area contributed by atoms with Crippen LogP contribution in [0.3, 0.4) is 0 Å². The average molecular weight is 292 g/mol. The van der Waals surface area contributed by atoms with Crippen LogP contribution in [0.2, 0.25) is 18.1 Å². The summed E-state index contributed by atoms with van der Waals surface area (Å²) in [6.07, 6.45) is -2.48. The third-order valence-corrected chi connectivity index (χ3v) is 8.71. The third-order valence-electron chi connectivity index (χ3n) is 4.21. The van der Waals surface area contributed by atoms with E-state index in [1.165, 1.54) is 7.11 Å². The predicted octanol–water partition coefficient (Wildman–Crippen LogP) is 1.49. The molecule has 1 aliphatic rings. The van der Waals surface area contributed by atoms with E-state index in [0.29, 0.717) is 0 Å². The molecule has 1 aliphatic heterocycles. The first-order chi connectivity index (χ1) is 8.58. The number of methoxy groups -OCH3 is 1. The molecule has 0 aromatic carbocycles. The maximum Gasteiger partial charge on any atom is 0.192 e. The van der Waals surface area contributed by atoms with Gasteiger partial charge in [-0.3, -0.25) is 0 Å². The molecule has 114 valence electrons. The predicted molar refractivity (Wildman–Crippen MR) is 75.4 cm³/mol. The molecule has 1 heterocycles. The van der Waals surface area contributed by atoms with E-state index in [-0.39, 0.29) is 18.1 Å². The Hall–Kier alpha value is 0.0169. The summed E-state index contributed by atoms with van der Waals surface area (Å²) >= 11 is 0. The smallest absolute Gasteiger partial charge is 0.192 e. The van der Waals surface area contributed by atoms with Crippen molar-refractivity contribution in [2.45, 2.75) is 69.9 Å². The van der Waals surface area contributed by atoms with Crippen LogP contribution >= 0.6 is 0 Å².